The van der Waals surface area contributed by atoms with Gasteiger partial charge in [0.05, 0.1) is 24.1 Å². The number of primary amides is 1. The zero-order valence-corrected chi connectivity index (χ0v) is 22.9. The average Bonchev–Trinajstić information content (AvgIpc) is 3.67. The smallest absolute Gasteiger partial charge is 0.401 e. The van der Waals surface area contributed by atoms with E-state index in [0.29, 0.717) is 0 Å². The van der Waals surface area contributed by atoms with Crippen LogP contribution in [0.2, 0.25) is 0 Å². The Morgan fingerprint density at radius 1 is 1.14 bits per heavy atom. The van der Waals surface area contributed by atoms with E-state index >= 15 is 4.39 Å². The molecule has 4 N–H and O–H groups in total. The van der Waals surface area contributed by atoms with Crippen molar-refractivity contribution in [3.8, 4) is 5.75 Å². The predicted molar refractivity (Wildman–Crippen MR) is 135 cm³/mol. The number of alkyl halides is 3. The number of halogens is 4. The molecular formula is C28H31F4N3O7. The minimum absolute atomic E-state index is 0.0516. The number of rotatable bonds is 7. The van der Waals surface area contributed by atoms with E-state index in [9.17, 15) is 47.4 Å². The first-order valence-corrected chi connectivity index (χ1v) is 13.6. The van der Waals surface area contributed by atoms with E-state index in [4.69, 9.17) is 5.73 Å². The monoisotopic (exact) mass is 597 g/mol. The van der Waals surface area contributed by atoms with Crippen molar-refractivity contribution in [2.75, 3.05) is 27.2 Å². The van der Waals surface area contributed by atoms with Gasteiger partial charge in [-0.05, 0) is 57.7 Å². The Kier molecular flexibility index (Phi) is 7.34. The van der Waals surface area contributed by atoms with Crippen LogP contribution in [-0.4, -0.2) is 94.1 Å². The van der Waals surface area contributed by atoms with Crippen molar-refractivity contribution in [3.05, 3.63) is 28.6 Å². The molecule has 4 aliphatic rings. The van der Waals surface area contributed by atoms with E-state index in [2.05, 4.69) is 0 Å². The summed E-state index contributed by atoms with van der Waals surface area (Å²) in [7, 11) is 2.88. The third kappa shape index (κ3) is 4.82. The van der Waals surface area contributed by atoms with E-state index < -0.39 is 101 Å². The standard InChI is InChI=1S/C28H31F4N3O7/c1-34(2)21-15-6-12-5-14-18(22(37)17(12)24(39)28(15,42)25(40)19(23(21)38)26(33)41)16(36)7-13(20(14)29)9-35(8-11-3-4-11)10-27(30,31)32/h7,11-12,15,17,19,21,36,42H,3-6,8-10H2,1-2H3,(H2,33,41). The fourth-order valence-electron chi connectivity index (χ4n) is 7.17. The molecule has 14 heteroatoms. The van der Waals surface area contributed by atoms with Crippen LogP contribution in [0, 0.1) is 35.4 Å². The lowest BCUT2D eigenvalue weighted by Crippen LogP contribution is -2.74. The molecule has 3 saturated carbocycles. The number of amides is 1. The van der Waals surface area contributed by atoms with Crippen LogP contribution in [0.5, 0.6) is 5.75 Å². The Hall–Kier alpha value is -3.23. The SMILES string of the molecule is CN(C)C1C(=O)C(C(N)=O)C(=O)C2(O)C(=O)C3C(=O)c4c(O)cc(CN(CC5CC5)CC(F)(F)F)c(F)c4CC3CC12. The Labute approximate surface area is 237 Å². The molecule has 5 rings (SSSR count). The van der Waals surface area contributed by atoms with Crippen molar-refractivity contribution in [1.82, 2.24) is 9.80 Å². The van der Waals surface area contributed by atoms with E-state index in [-0.39, 0.29) is 36.4 Å². The van der Waals surface area contributed by atoms with E-state index in [1.807, 2.05) is 0 Å². The summed E-state index contributed by atoms with van der Waals surface area (Å²) in [4.78, 5) is 68.2. The lowest BCUT2D eigenvalue weighted by Gasteiger charge is -2.52. The number of aliphatic hydroxyl groups is 1. The first-order valence-electron chi connectivity index (χ1n) is 13.6. The molecule has 0 aliphatic heterocycles. The maximum atomic E-state index is 15.9. The molecule has 0 spiro atoms. The summed E-state index contributed by atoms with van der Waals surface area (Å²) in [5, 5.41) is 22.3. The molecule has 228 valence electrons. The topological polar surface area (TPSA) is 158 Å². The molecule has 10 nitrogen and oxygen atoms in total. The third-order valence-corrected chi connectivity index (χ3v) is 9.08. The second-order valence-corrected chi connectivity index (χ2v) is 12.2. The molecule has 0 aromatic heterocycles. The van der Waals surface area contributed by atoms with Gasteiger partial charge in [0.2, 0.25) is 5.91 Å². The number of carbonyl (C=O) groups is 5. The van der Waals surface area contributed by atoms with Gasteiger partial charge < -0.3 is 15.9 Å². The number of benzene rings is 1. The number of aromatic hydroxyl groups is 1. The zero-order chi connectivity index (χ0) is 31.0. The van der Waals surface area contributed by atoms with Crippen LogP contribution >= 0.6 is 0 Å². The molecule has 3 fully saturated rings. The van der Waals surface area contributed by atoms with Gasteiger partial charge in [-0.3, -0.25) is 33.8 Å². The molecule has 0 saturated heterocycles. The molecule has 1 amide bonds. The van der Waals surface area contributed by atoms with Gasteiger partial charge in [0.1, 0.15) is 11.6 Å². The summed E-state index contributed by atoms with van der Waals surface area (Å²) < 4.78 is 55.6. The van der Waals surface area contributed by atoms with Crippen LogP contribution in [0.1, 0.15) is 40.7 Å². The molecule has 4 aliphatic carbocycles. The highest BCUT2D eigenvalue weighted by molar-refractivity contribution is 6.32. The van der Waals surface area contributed by atoms with Crippen molar-refractivity contribution >= 4 is 29.0 Å². The lowest BCUT2D eigenvalue weighted by atomic mass is 9.52. The number of nitrogens with zero attached hydrogens (tertiary/aromatic N) is 2. The molecule has 6 atom stereocenters. The lowest BCUT2D eigenvalue weighted by molar-refractivity contribution is -0.181. The Morgan fingerprint density at radius 2 is 1.79 bits per heavy atom. The first-order chi connectivity index (χ1) is 19.5. The number of phenols is 1. The summed E-state index contributed by atoms with van der Waals surface area (Å²) in [6, 6.07) is -0.446. The second kappa shape index (κ2) is 10.2. The number of Topliss-reactive ketones (excluding diaryl/α,β-unsaturated/α-hetero) is 4. The van der Waals surface area contributed by atoms with Crippen LogP contribution in [0.3, 0.4) is 0 Å². The predicted octanol–water partition coefficient (Wildman–Crippen LogP) is 0.780. The Balaban J connectivity index is 1.54. The molecule has 0 bridgehead atoms. The molecule has 0 heterocycles. The number of likely N-dealkylation sites (N-methyl/N-ethyl adjacent to an activating group) is 1. The summed E-state index contributed by atoms with van der Waals surface area (Å²) in [5.41, 5.74) is 1.29. The number of fused-ring (bicyclic) bond motifs is 3. The van der Waals surface area contributed by atoms with E-state index in [0.717, 1.165) is 23.8 Å². The maximum absolute atomic E-state index is 15.9. The molecule has 0 radical (unpaired) electrons. The van der Waals surface area contributed by atoms with E-state index in [1.165, 1.54) is 19.0 Å². The quantitative estimate of drug-likeness (QED) is 0.305. The van der Waals surface area contributed by atoms with Crippen molar-refractivity contribution < 1.29 is 51.7 Å². The van der Waals surface area contributed by atoms with Crippen LogP contribution in [0.4, 0.5) is 17.6 Å². The van der Waals surface area contributed by atoms with Crippen LogP contribution in [-0.2, 0) is 32.1 Å². The normalized spacial score (nSPS) is 31.3. The molecule has 6 unspecified atom stereocenters. The molecule has 42 heavy (non-hydrogen) atoms. The van der Waals surface area contributed by atoms with Gasteiger partial charge in [0.25, 0.3) is 0 Å². The minimum Gasteiger partial charge on any atom is -0.507 e. The number of hydrogen-bond donors (Lipinski definition) is 3. The fourth-order valence-corrected chi connectivity index (χ4v) is 7.17. The van der Waals surface area contributed by atoms with Gasteiger partial charge in [-0.2, -0.15) is 13.2 Å². The Bertz CT molecular complexity index is 1390. The molecule has 1 aromatic carbocycles. The van der Waals surface area contributed by atoms with Gasteiger partial charge in [-0.25, -0.2) is 4.39 Å². The molecule has 1 aromatic rings. The number of ketones is 4. The Morgan fingerprint density at radius 3 is 2.33 bits per heavy atom. The van der Waals surface area contributed by atoms with Gasteiger partial charge >= 0.3 is 6.18 Å². The van der Waals surface area contributed by atoms with Crippen molar-refractivity contribution in [1.29, 1.82) is 0 Å². The number of carbonyl (C=O) groups excluding carboxylic acids is 5. The van der Waals surface area contributed by atoms with Gasteiger partial charge in [0.15, 0.2) is 34.7 Å². The van der Waals surface area contributed by atoms with Gasteiger partial charge in [0, 0.05) is 30.1 Å². The van der Waals surface area contributed by atoms with Crippen LogP contribution in [0.15, 0.2) is 6.07 Å². The fraction of sp³-hybridized carbons (Fsp3) is 0.607. The second-order valence-electron chi connectivity index (χ2n) is 12.2. The zero-order valence-electron chi connectivity index (χ0n) is 22.9. The first kappa shape index (κ1) is 30.2. The largest absolute Gasteiger partial charge is 0.507 e. The summed E-state index contributed by atoms with van der Waals surface area (Å²) in [6.45, 7) is -1.69. The number of hydrogen-bond acceptors (Lipinski definition) is 9. The molecular weight excluding hydrogens is 566 g/mol. The van der Waals surface area contributed by atoms with Gasteiger partial charge in [-0.1, -0.05) is 0 Å². The summed E-state index contributed by atoms with van der Waals surface area (Å²) in [5.74, 6) is -13.9. The third-order valence-electron chi connectivity index (χ3n) is 9.08. The summed E-state index contributed by atoms with van der Waals surface area (Å²) in [6.07, 6.45) is -3.62. The van der Waals surface area contributed by atoms with Crippen LogP contribution in [0.25, 0.3) is 0 Å². The average molecular weight is 598 g/mol. The van der Waals surface area contributed by atoms with E-state index in [1.54, 1.807) is 0 Å². The highest BCUT2D eigenvalue weighted by atomic mass is 19.4. The van der Waals surface area contributed by atoms with Crippen molar-refractivity contribution in [2.45, 2.75) is 50.0 Å². The number of phenolic OH excluding ortho intramolecular Hbond substituents is 1. The highest BCUT2D eigenvalue weighted by Gasteiger charge is 2.69. The van der Waals surface area contributed by atoms with Crippen molar-refractivity contribution in [3.63, 3.8) is 0 Å². The number of nitrogens with two attached hydrogens (primary N) is 1. The maximum Gasteiger partial charge on any atom is 0.401 e. The van der Waals surface area contributed by atoms with Crippen molar-refractivity contribution in [2.24, 2.45) is 35.3 Å². The van der Waals surface area contributed by atoms with Gasteiger partial charge in [-0.15, -0.1) is 0 Å². The highest BCUT2D eigenvalue weighted by Crippen LogP contribution is 2.51. The van der Waals surface area contributed by atoms with Crippen LogP contribution < -0.4 is 5.73 Å². The minimum atomic E-state index is -4.55. The summed E-state index contributed by atoms with van der Waals surface area (Å²) >= 11 is 0.